The Kier molecular flexibility index (Phi) is 8.30. The number of halogens is 2. The summed E-state index contributed by atoms with van der Waals surface area (Å²) in [6.45, 7) is 4.38. The van der Waals surface area contributed by atoms with Gasteiger partial charge in [0.25, 0.3) is 0 Å². The monoisotopic (exact) mass is 702 g/mol. The van der Waals surface area contributed by atoms with E-state index >= 15 is 0 Å². The van der Waals surface area contributed by atoms with Crippen LogP contribution in [0.4, 0.5) is 0 Å². The summed E-state index contributed by atoms with van der Waals surface area (Å²) in [4.78, 5) is 17.3. The van der Waals surface area contributed by atoms with Crippen molar-refractivity contribution in [3.05, 3.63) is 65.3 Å². The van der Waals surface area contributed by atoms with E-state index < -0.39 is 0 Å². The van der Waals surface area contributed by atoms with Crippen LogP contribution < -0.4 is 0 Å². The Labute approximate surface area is 240 Å². The van der Waals surface area contributed by atoms with Crippen molar-refractivity contribution < 1.29 is 0 Å². The normalized spacial score (nSPS) is 12.6. The predicted molar refractivity (Wildman–Crippen MR) is 171 cm³/mol. The van der Waals surface area contributed by atoms with Gasteiger partial charge in [-0.25, -0.2) is 9.97 Å². The van der Waals surface area contributed by atoms with Gasteiger partial charge < -0.3 is 9.97 Å². The maximum atomic E-state index is 4.95. The molecule has 2 aliphatic rings. The number of aromatic nitrogens is 4. The van der Waals surface area contributed by atoms with Crippen LogP contribution in [0.2, 0.25) is 0 Å². The molecule has 0 fully saturated rings. The van der Waals surface area contributed by atoms with Gasteiger partial charge in [-0.05, 0) is 119 Å². The molecule has 186 valence electrons. The molecule has 2 aliphatic heterocycles. The van der Waals surface area contributed by atoms with Crippen LogP contribution in [0.3, 0.4) is 0 Å². The van der Waals surface area contributed by atoms with Crippen molar-refractivity contribution in [3.63, 3.8) is 0 Å². The number of hydrogen-bond acceptors (Lipinski definition) is 2. The van der Waals surface area contributed by atoms with Crippen LogP contribution in [0.15, 0.2) is 24.3 Å². The summed E-state index contributed by atoms with van der Waals surface area (Å²) in [6.07, 6.45) is 18.6. The fourth-order valence-corrected chi connectivity index (χ4v) is 6.10. The second-order valence-corrected chi connectivity index (χ2v) is 11.8. The molecule has 0 amide bonds. The van der Waals surface area contributed by atoms with Crippen LogP contribution in [0.1, 0.15) is 85.8 Å². The summed E-state index contributed by atoms with van der Waals surface area (Å²) in [5, 5.41) is 0. The Hall–Kier alpha value is -1.94. The number of unbranched alkanes of at least 4 members (excludes halogenated alkanes) is 6. The zero-order valence-corrected chi connectivity index (χ0v) is 25.2. The van der Waals surface area contributed by atoms with Crippen LogP contribution in [0, 0.1) is 14.1 Å². The molecular weight excluding hydrogens is 670 g/mol. The van der Waals surface area contributed by atoms with Gasteiger partial charge in [-0.1, -0.05) is 45.4 Å². The molecule has 5 rings (SSSR count). The summed E-state index contributed by atoms with van der Waals surface area (Å²) in [7, 11) is 0. The van der Waals surface area contributed by atoms with Gasteiger partial charge in [-0.2, -0.15) is 0 Å². The number of nitrogens with zero attached hydrogens (tertiary/aromatic N) is 2. The lowest BCUT2D eigenvalue weighted by molar-refractivity contribution is 0.590. The first-order valence-electron chi connectivity index (χ1n) is 13.0. The highest BCUT2D eigenvalue weighted by Gasteiger charge is 2.13. The maximum absolute atomic E-state index is 4.95. The molecule has 0 radical (unpaired) electrons. The average molecular weight is 702 g/mol. The van der Waals surface area contributed by atoms with Gasteiger partial charge >= 0.3 is 0 Å². The minimum Gasteiger partial charge on any atom is -0.354 e. The van der Waals surface area contributed by atoms with Gasteiger partial charge in [0.15, 0.2) is 0 Å². The van der Waals surface area contributed by atoms with Crippen molar-refractivity contribution in [2.24, 2.45) is 0 Å². The Morgan fingerprint density at radius 2 is 1.06 bits per heavy atom. The molecule has 0 aliphatic carbocycles. The molecule has 0 saturated carbocycles. The van der Waals surface area contributed by atoms with Crippen molar-refractivity contribution in [2.45, 2.75) is 65.2 Å². The Balaban J connectivity index is 1.64. The number of rotatable bonds is 8. The molecule has 3 aromatic rings. The number of hydrogen-bond donors (Lipinski definition) is 2. The number of fused-ring (bicyclic) bond motifs is 8. The van der Waals surface area contributed by atoms with E-state index in [-0.39, 0.29) is 0 Å². The minimum atomic E-state index is 0.978. The van der Waals surface area contributed by atoms with E-state index in [9.17, 15) is 0 Å². The molecule has 3 aromatic heterocycles. The highest BCUT2D eigenvalue weighted by Crippen LogP contribution is 2.28. The van der Waals surface area contributed by atoms with Gasteiger partial charge in [0, 0.05) is 16.6 Å². The first kappa shape index (κ1) is 25.7. The Bertz CT molecular complexity index is 1390. The van der Waals surface area contributed by atoms with Gasteiger partial charge in [-0.3, -0.25) is 0 Å². The van der Waals surface area contributed by atoms with E-state index in [0.29, 0.717) is 0 Å². The lowest BCUT2D eigenvalue weighted by Gasteiger charge is -2.04. The van der Waals surface area contributed by atoms with Crippen LogP contribution in [0.5, 0.6) is 0 Å². The standard InChI is InChI=1S/C30H32I2N4/c1-3-4-5-6-7-8-9-10-20-23-13-17-27(35-23)29(31)25-15-11-21(33-25)19(2)22-12-16-26(34-22)30(32)28-18-14-24(20)36-28/h11-18,35-36H,3-10H2,1-2H3. The van der Waals surface area contributed by atoms with Gasteiger partial charge in [-0.15, -0.1) is 0 Å². The molecule has 0 unspecified atom stereocenters. The molecular formula is C30H32I2N4. The third kappa shape index (κ3) is 5.49. The molecule has 0 aromatic carbocycles. The van der Waals surface area contributed by atoms with E-state index in [1.54, 1.807) is 0 Å². The van der Waals surface area contributed by atoms with Crippen LogP contribution >= 0.6 is 45.2 Å². The number of H-pyrrole nitrogens is 2. The summed E-state index contributed by atoms with van der Waals surface area (Å²) in [6, 6.07) is 8.83. The van der Waals surface area contributed by atoms with E-state index in [4.69, 9.17) is 9.97 Å². The van der Waals surface area contributed by atoms with Gasteiger partial charge in [0.2, 0.25) is 0 Å². The third-order valence-electron chi connectivity index (χ3n) is 7.02. The van der Waals surface area contributed by atoms with E-state index in [1.165, 1.54) is 61.5 Å². The molecule has 8 bridgehead atoms. The zero-order valence-electron chi connectivity index (χ0n) is 20.9. The molecule has 6 heteroatoms. The third-order valence-corrected chi connectivity index (χ3v) is 9.29. The maximum Gasteiger partial charge on any atom is 0.0792 e. The first-order valence-corrected chi connectivity index (χ1v) is 15.1. The molecule has 2 N–H and O–H groups in total. The summed E-state index contributed by atoms with van der Waals surface area (Å²) in [5.41, 5.74) is 11.0. The Morgan fingerprint density at radius 1 is 0.611 bits per heavy atom. The largest absolute Gasteiger partial charge is 0.354 e. The molecule has 5 heterocycles. The Morgan fingerprint density at radius 3 is 1.58 bits per heavy atom. The van der Waals surface area contributed by atoms with Crippen molar-refractivity contribution in [1.82, 2.24) is 19.9 Å². The van der Waals surface area contributed by atoms with E-state index in [1.807, 2.05) is 0 Å². The lowest BCUT2D eigenvalue weighted by Crippen LogP contribution is -1.90. The number of aromatic amines is 2. The van der Waals surface area contributed by atoms with Crippen molar-refractivity contribution in [1.29, 1.82) is 0 Å². The number of nitrogens with one attached hydrogen (secondary N) is 2. The molecule has 36 heavy (non-hydrogen) atoms. The molecule has 0 spiro atoms. The fourth-order valence-electron chi connectivity index (χ4n) is 4.87. The smallest absolute Gasteiger partial charge is 0.0792 e. The van der Waals surface area contributed by atoms with Crippen molar-refractivity contribution in [3.8, 4) is 0 Å². The summed E-state index contributed by atoms with van der Waals surface area (Å²) >= 11 is 4.84. The van der Waals surface area contributed by atoms with E-state index in [2.05, 4.69) is 118 Å². The lowest BCUT2D eigenvalue weighted by atomic mass is 10.0. The number of aryl methyl sites for hydroxylation is 1. The van der Waals surface area contributed by atoms with Crippen LogP contribution in [0.25, 0.3) is 46.4 Å². The van der Waals surface area contributed by atoms with E-state index in [0.717, 1.165) is 52.9 Å². The summed E-state index contributed by atoms with van der Waals surface area (Å²) < 4.78 is 2.26. The highest BCUT2D eigenvalue weighted by molar-refractivity contribution is 14.1. The van der Waals surface area contributed by atoms with Crippen molar-refractivity contribution >= 4 is 91.6 Å². The first-order chi connectivity index (χ1) is 17.5. The molecule has 0 saturated heterocycles. The van der Waals surface area contributed by atoms with Crippen LogP contribution in [-0.4, -0.2) is 19.9 Å². The second kappa shape index (κ2) is 11.6. The topological polar surface area (TPSA) is 57.4 Å². The van der Waals surface area contributed by atoms with Crippen molar-refractivity contribution in [2.75, 3.05) is 0 Å². The fraction of sp³-hybridized carbons (Fsp3) is 0.333. The molecule has 4 nitrogen and oxygen atoms in total. The quantitative estimate of drug-likeness (QED) is 0.125. The highest BCUT2D eigenvalue weighted by atomic mass is 127. The predicted octanol–water partition coefficient (Wildman–Crippen LogP) is 9.47. The van der Waals surface area contributed by atoms with Gasteiger partial charge in [0.1, 0.15) is 0 Å². The second-order valence-electron chi connectivity index (χ2n) is 9.61. The zero-order chi connectivity index (χ0) is 25.1. The SMILES string of the molecule is CCCCCCCCCc1c2ccc([nH]2)c(I)c2nc(c(C)c3nc(c(I)c4ccc1[nH]4)C=C3)C=C2. The van der Waals surface area contributed by atoms with Gasteiger partial charge in [0.05, 0.1) is 40.9 Å². The minimum absolute atomic E-state index is 0.978. The average Bonchev–Trinajstić information content (AvgIpc) is 3.69. The van der Waals surface area contributed by atoms with Crippen LogP contribution in [-0.2, 0) is 6.42 Å². The summed E-state index contributed by atoms with van der Waals surface area (Å²) in [5.74, 6) is 0. The molecule has 0 atom stereocenters.